The second kappa shape index (κ2) is 5.23. The molecule has 0 spiro atoms. The summed E-state index contributed by atoms with van der Waals surface area (Å²) in [6, 6.07) is 12.8. The van der Waals surface area contributed by atoms with E-state index in [1.165, 1.54) is 0 Å². The van der Waals surface area contributed by atoms with Gasteiger partial charge in [-0.3, -0.25) is 0 Å². The van der Waals surface area contributed by atoms with Crippen molar-refractivity contribution in [3.05, 3.63) is 58.1 Å². The highest BCUT2D eigenvalue weighted by Crippen LogP contribution is 2.23. The van der Waals surface area contributed by atoms with Crippen LogP contribution in [-0.2, 0) is 0 Å². The van der Waals surface area contributed by atoms with E-state index in [1.54, 1.807) is 12.1 Å². The Labute approximate surface area is 114 Å². The first-order chi connectivity index (χ1) is 8.56. The van der Waals surface area contributed by atoms with Crippen LogP contribution >= 0.6 is 15.9 Å². The molecule has 0 heterocycles. The Morgan fingerprint density at radius 2 is 1.83 bits per heavy atom. The molecule has 0 aliphatic heterocycles. The van der Waals surface area contributed by atoms with Crippen molar-refractivity contribution in [2.24, 2.45) is 0 Å². The normalized spacial score (nSPS) is 10.1. The van der Waals surface area contributed by atoms with E-state index in [4.69, 9.17) is 5.11 Å². The molecule has 2 aromatic carbocycles. The van der Waals surface area contributed by atoms with Crippen LogP contribution in [0.4, 0.5) is 11.4 Å². The quantitative estimate of drug-likeness (QED) is 0.893. The molecular formula is C14H12BrNO2. The molecule has 0 saturated carbocycles. The fourth-order valence-electron chi connectivity index (χ4n) is 1.64. The summed E-state index contributed by atoms with van der Waals surface area (Å²) < 4.78 is 0.982. The SMILES string of the molecule is Cc1ccc(C(=O)O)c(Nc2ccc(Br)cc2)c1. The van der Waals surface area contributed by atoms with E-state index in [0.29, 0.717) is 5.69 Å². The van der Waals surface area contributed by atoms with E-state index in [1.807, 2.05) is 37.3 Å². The van der Waals surface area contributed by atoms with Crippen LogP contribution in [-0.4, -0.2) is 11.1 Å². The summed E-state index contributed by atoms with van der Waals surface area (Å²) in [5.41, 5.74) is 2.74. The Morgan fingerprint density at radius 1 is 1.17 bits per heavy atom. The topological polar surface area (TPSA) is 49.3 Å². The molecule has 0 radical (unpaired) electrons. The van der Waals surface area contributed by atoms with Gasteiger partial charge in [0.2, 0.25) is 0 Å². The van der Waals surface area contributed by atoms with E-state index in [0.717, 1.165) is 15.7 Å². The minimum atomic E-state index is -0.936. The molecule has 4 heteroatoms. The number of hydrogen-bond acceptors (Lipinski definition) is 2. The lowest BCUT2D eigenvalue weighted by Crippen LogP contribution is -2.02. The Kier molecular flexibility index (Phi) is 3.67. The molecule has 0 saturated heterocycles. The number of anilines is 2. The summed E-state index contributed by atoms with van der Waals surface area (Å²) in [6.45, 7) is 1.93. The number of benzene rings is 2. The standard InChI is InChI=1S/C14H12BrNO2/c1-9-2-7-12(14(17)18)13(8-9)16-11-5-3-10(15)4-6-11/h2-8,16H,1H3,(H,17,18). The van der Waals surface area contributed by atoms with Gasteiger partial charge in [-0.15, -0.1) is 0 Å². The van der Waals surface area contributed by atoms with Gasteiger partial charge in [-0.25, -0.2) is 4.79 Å². The highest BCUT2D eigenvalue weighted by molar-refractivity contribution is 9.10. The summed E-state index contributed by atoms with van der Waals surface area (Å²) in [5, 5.41) is 12.3. The number of hydrogen-bond donors (Lipinski definition) is 2. The van der Waals surface area contributed by atoms with Gasteiger partial charge in [0.15, 0.2) is 0 Å². The van der Waals surface area contributed by atoms with Gasteiger partial charge in [0, 0.05) is 10.2 Å². The highest BCUT2D eigenvalue weighted by Gasteiger charge is 2.09. The lowest BCUT2D eigenvalue weighted by Gasteiger charge is -2.10. The van der Waals surface area contributed by atoms with Crippen molar-refractivity contribution in [1.82, 2.24) is 0 Å². The number of aromatic carboxylic acids is 1. The van der Waals surface area contributed by atoms with Gasteiger partial charge in [0.05, 0.1) is 11.3 Å². The number of aryl methyl sites for hydroxylation is 1. The van der Waals surface area contributed by atoms with Gasteiger partial charge in [0.25, 0.3) is 0 Å². The van der Waals surface area contributed by atoms with Crippen molar-refractivity contribution in [2.45, 2.75) is 6.92 Å². The van der Waals surface area contributed by atoms with Crippen LogP contribution < -0.4 is 5.32 Å². The molecule has 0 atom stereocenters. The van der Waals surface area contributed by atoms with Crippen molar-refractivity contribution in [2.75, 3.05) is 5.32 Å². The second-order valence-electron chi connectivity index (χ2n) is 3.99. The average Bonchev–Trinajstić information content (AvgIpc) is 2.32. The van der Waals surface area contributed by atoms with Crippen molar-refractivity contribution in [3.63, 3.8) is 0 Å². The summed E-state index contributed by atoms with van der Waals surface area (Å²) in [6.07, 6.45) is 0. The molecule has 2 aromatic rings. The van der Waals surface area contributed by atoms with Gasteiger partial charge in [-0.05, 0) is 48.9 Å². The van der Waals surface area contributed by atoms with Gasteiger partial charge in [0.1, 0.15) is 0 Å². The summed E-state index contributed by atoms with van der Waals surface area (Å²) >= 11 is 3.36. The molecule has 0 aliphatic rings. The van der Waals surface area contributed by atoms with Crippen LogP contribution in [0.1, 0.15) is 15.9 Å². The largest absolute Gasteiger partial charge is 0.478 e. The van der Waals surface area contributed by atoms with E-state index in [-0.39, 0.29) is 5.56 Å². The number of carbonyl (C=O) groups is 1. The zero-order chi connectivity index (χ0) is 13.1. The number of halogens is 1. The lowest BCUT2D eigenvalue weighted by atomic mass is 10.1. The molecule has 0 bridgehead atoms. The number of carboxylic acids is 1. The first kappa shape index (κ1) is 12.6. The van der Waals surface area contributed by atoms with E-state index in [9.17, 15) is 4.79 Å². The van der Waals surface area contributed by atoms with Crippen LogP contribution in [0.25, 0.3) is 0 Å². The minimum Gasteiger partial charge on any atom is -0.478 e. The zero-order valence-corrected chi connectivity index (χ0v) is 11.4. The maximum Gasteiger partial charge on any atom is 0.337 e. The summed E-state index contributed by atoms with van der Waals surface area (Å²) in [5.74, 6) is -0.936. The third-order valence-electron chi connectivity index (χ3n) is 2.53. The van der Waals surface area contributed by atoms with E-state index in [2.05, 4.69) is 21.2 Å². The molecule has 0 unspecified atom stereocenters. The monoisotopic (exact) mass is 305 g/mol. The van der Waals surface area contributed by atoms with Crippen molar-refractivity contribution in [3.8, 4) is 0 Å². The number of nitrogens with one attached hydrogen (secondary N) is 1. The average molecular weight is 306 g/mol. The summed E-state index contributed by atoms with van der Waals surface area (Å²) in [7, 11) is 0. The van der Waals surface area contributed by atoms with Crippen LogP contribution in [0.5, 0.6) is 0 Å². The van der Waals surface area contributed by atoms with Crippen molar-refractivity contribution < 1.29 is 9.90 Å². The first-order valence-electron chi connectivity index (χ1n) is 5.43. The second-order valence-corrected chi connectivity index (χ2v) is 4.90. The molecule has 0 fully saturated rings. The highest BCUT2D eigenvalue weighted by atomic mass is 79.9. The maximum atomic E-state index is 11.1. The molecule has 0 aromatic heterocycles. The fourth-order valence-corrected chi connectivity index (χ4v) is 1.90. The minimum absolute atomic E-state index is 0.267. The zero-order valence-electron chi connectivity index (χ0n) is 9.77. The predicted octanol–water partition coefficient (Wildman–Crippen LogP) is 4.20. The van der Waals surface area contributed by atoms with Crippen molar-refractivity contribution in [1.29, 1.82) is 0 Å². The molecule has 92 valence electrons. The fraction of sp³-hybridized carbons (Fsp3) is 0.0714. The molecule has 2 N–H and O–H groups in total. The molecule has 0 aliphatic carbocycles. The van der Waals surface area contributed by atoms with Gasteiger partial charge in [-0.2, -0.15) is 0 Å². The predicted molar refractivity (Wildman–Crippen MR) is 75.6 cm³/mol. The van der Waals surface area contributed by atoms with Crippen LogP contribution in [0.3, 0.4) is 0 Å². The lowest BCUT2D eigenvalue weighted by molar-refractivity contribution is 0.0698. The smallest absolute Gasteiger partial charge is 0.337 e. The van der Waals surface area contributed by atoms with Gasteiger partial charge in [-0.1, -0.05) is 22.0 Å². The third kappa shape index (κ3) is 2.90. The van der Waals surface area contributed by atoms with Gasteiger partial charge < -0.3 is 10.4 Å². The Bertz CT molecular complexity index is 579. The Hall–Kier alpha value is -1.81. The Balaban J connectivity index is 2.35. The van der Waals surface area contributed by atoms with Crippen molar-refractivity contribution >= 4 is 33.3 Å². The Morgan fingerprint density at radius 3 is 2.44 bits per heavy atom. The van der Waals surface area contributed by atoms with Crippen LogP contribution in [0, 0.1) is 6.92 Å². The number of rotatable bonds is 3. The third-order valence-corrected chi connectivity index (χ3v) is 3.06. The number of carboxylic acid groups (broad SMARTS) is 1. The molecule has 0 amide bonds. The molecular weight excluding hydrogens is 294 g/mol. The van der Waals surface area contributed by atoms with Gasteiger partial charge >= 0.3 is 5.97 Å². The van der Waals surface area contributed by atoms with E-state index >= 15 is 0 Å². The van der Waals surface area contributed by atoms with Crippen LogP contribution in [0.15, 0.2) is 46.9 Å². The van der Waals surface area contributed by atoms with E-state index < -0.39 is 5.97 Å². The summed E-state index contributed by atoms with van der Waals surface area (Å²) in [4.78, 5) is 11.1. The molecule has 3 nitrogen and oxygen atoms in total. The maximum absolute atomic E-state index is 11.1. The van der Waals surface area contributed by atoms with Crippen LogP contribution in [0.2, 0.25) is 0 Å². The molecule has 18 heavy (non-hydrogen) atoms. The molecule has 2 rings (SSSR count). The first-order valence-corrected chi connectivity index (χ1v) is 6.22.